The van der Waals surface area contributed by atoms with Crippen LogP contribution in [0.1, 0.15) is 11.1 Å². The van der Waals surface area contributed by atoms with Gasteiger partial charge in [-0.05, 0) is 62.8 Å². The molecule has 8 heteroatoms. The zero-order valence-electron chi connectivity index (χ0n) is 21.0. The second kappa shape index (κ2) is 10.6. The number of hydrogen-bond acceptors (Lipinski definition) is 6. The first-order valence-electron chi connectivity index (χ1n) is 11.9. The van der Waals surface area contributed by atoms with Crippen molar-refractivity contribution in [2.45, 2.75) is 31.1 Å². The Kier molecular flexibility index (Phi) is 7.56. The number of ether oxygens (including phenoxy) is 2. The lowest BCUT2D eigenvalue weighted by Crippen LogP contribution is -2.49. The van der Waals surface area contributed by atoms with Crippen LogP contribution in [0.2, 0.25) is 0 Å². The van der Waals surface area contributed by atoms with Gasteiger partial charge in [0.25, 0.3) is 5.91 Å². The third-order valence-corrected chi connectivity index (χ3v) is 6.45. The zero-order valence-corrected chi connectivity index (χ0v) is 21.0. The van der Waals surface area contributed by atoms with Crippen molar-refractivity contribution in [3.05, 3.63) is 88.8 Å². The van der Waals surface area contributed by atoms with Crippen molar-refractivity contribution in [1.29, 1.82) is 0 Å². The van der Waals surface area contributed by atoms with E-state index in [0.29, 0.717) is 25.2 Å². The normalized spacial score (nSPS) is 21.1. The lowest BCUT2D eigenvalue weighted by molar-refractivity contribution is -0.138. The maximum absolute atomic E-state index is 14.2. The molecule has 3 atom stereocenters. The Balaban J connectivity index is 1.76. The number of halogens is 1. The minimum Gasteiger partial charge on any atom is -0.466 e. The fraction of sp³-hybridized carbons (Fsp3) is 0.357. The molecular formula is C28H32FN3O4. The Morgan fingerprint density at radius 3 is 2.61 bits per heavy atom. The van der Waals surface area contributed by atoms with Crippen molar-refractivity contribution < 1.29 is 23.5 Å². The average molecular weight is 494 g/mol. The second-order valence-electron chi connectivity index (χ2n) is 9.43. The number of methoxy groups -OCH3 is 1. The monoisotopic (exact) mass is 493 g/mol. The summed E-state index contributed by atoms with van der Waals surface area (Å²) in [5.41, 5.74) is 1.44. The van der Waals surface area contributed by atoms with E-state index < -0.39 is 23.7 Å². The van der Waals surface area contributed by atoms with E-state index in [9.17, 15) is 14.0 Å². The first-order valence-corrected chi connectivity index (χ1v) is 11.9. The van der Waals surface area contributed by atoms with Crippen molar-refractivity contribution >= 4 is 17.6 Å². The first-order chi connectivity index (χ1) is 17.2. The van der Waals surface area contributed by atoms with Crippen LogP contribution in [0.25, 0.3) is 0 Å². The summed E-state index contributed by atoms with van der Waals surface area (Å²) in [7, 11) is 5.12. The summed E-state index contributed by atoms with van der Waals surface area (Å²) in [6.07, 6.45) is 3.37. The number of carbonyl (C=O) groups excluding carboxylic acids is 2. The Labute approximate surface area is 211 Å². The Bertz CT molecular complexity index is 1170. The number of nitrogens with one attached hydrogen (secondary N) is 2. The minimum absolute atomic E-state index is 0.168. The molecule has 0 fully saturated rings. The number of rotatable bonds is 10. The summed E-state index contributed by atoms with van der Waals surface area (Å²) in [6.45, 7) is 2.88. The van der Waals surface area contributed by atoms with Crippen molar-refractivity contribution in [3.8, 4) is 0 Å². The predicted molar refractivity (Wildman–Crippen MR) is 136 cm³/mol. The van der Waals surface area contributed by atoms with Gasteiger partial charge in [0.2, 0.25) is 0 Å². The molecule has 0 spiro atoms. The van der Waals surface area contributed by atoms with Crippen molar-refractivity contribution in [2.24, 2.45) is 0 Å². The summed E-state index contributed by atoms with van der Waals surface area (Å²) >= 11 is 0. The molecule has 190 valence electrons. The maximum atomic E-state index is 14.2. The van der Waals surface area contributed by atoms with Gasteiger partial charge in [0, 0.05) is 18.8 Å². The van der Waals surface area contributed by atoms with Gasteiger partial charge < -0.3 is 25.0 Å². The van der Waals surface area contributed by atoms with Gasteiger partial charge in [-0.1, -0.05) is 36.4 Å². The fourth-order valence-electron chi connectivity index (χ4n) is 4.82. The molecular weight excluding hydrogens is 461 g/mol. The van der Waals surface area contributed by atoms with Crippen LogP contribution in [0.15, 0.2) is 71.8 Å². The number of esters is 1. The number of likely N-dealkylation sites (N-methyl/N-ethyl adjacent to an activating group) is 1. The smallest absolute Gasteiger partial charge is 0.337 e. The number of anilines is 1. The molecule has 7 nitrogen and oxygen atoms in total. The Morgan fingerprint density at radius 1 is 1.19 bits per heavy atom. The molecule has 4 rings (SSSR count). The lowest BCUT2D eigenvalue weighted by Gasteiger charge is -2.36. The lowest BCUT2D eigenvalue weighted by atomic mass is 9.78. The van der Waals surface area contributed by atoms with Crippen LogP contribution in [0.3, 0.4) is 0 Å². The molecule has 0 saturated carbocycles. The van der Waals surface area contributed by atoms with Gasteiger partial charge in [-0.15, -0.1) is 0 Å². The van der Waals surface area contributed by atoms with Crippen LogP contribution in [-0.2, 0) is 25.5 Å². The van der Waals surface area contributed by atoms with E-state index in [0.717, 1.165) is 11.1 Å². The number of fused-ring (bicyclic) bond motifs is 2. The molecule has 0 radical (unpaired) electrons. The number of amides is 1. The SMILES string of the molecule is COC(=O)C1=C(C(=O)NCCN(C)C)C2C=CC1(C(Cc1ccccc1)Nc1cc(C)cc(F)c1)O2. The van der Waals surface area contributed by atoms with E-state index >= 15 is 0 Å². The van der Waals surface area contributed by atoms with Crippen LogP contribution in [0.5, 0.6) is 0 Å². The quantitative estimate of drug-likeness (QED) is 0.391. The van der Waals surface area contributed by atoms with Gasteiger partial charge in [0.05, 0.1) is 24.3 Å². The van der Waals surface area contributed by atoms with Crippen molar-refractivity contribution in [1.82, 2.24) is 10.2 Å². The molecule has 3 unspecified atom stereocenters. The number of carbonyl (C=O) groups is 2. The maximum Gasteiger partial charge on any atom is 0.337 e. The van der Waals surface area contributed by atoms with Crippen molar-refractivity contribution in [2.75, 3.05) is 39.6 Å². The van der Waals surface area contributed by atoms with Crippen LogP contribution < -0.4 is 10.6 Å². The van der Waals surface area contributed by atoms with Crippen molar-refractivity contribution in [3.63, 3.8) is 0 Å². The van der Waals surface area contributed by atoms with E-state index in [2.05, 4.69) is 10.6 Å². The molecule has 0 aromatic heterocycles. The highest BCUT2D eigenvalue weighted by Crippen LogP contribution is 2.47. The highest BCUT2D eigenvalue weighted by Gasteiger charge is 2.58. The number of nitrogens with zero attached hydrogens (tertiary/aromatic N) is 1. The fourth-order valence-corrected chi connectivity index (χ4v) is 4.82. The van der Waals surface area contributed by atoms with E-state index in [4.69, 9.17) is 9.47 Å². The van der Waals surface area contributed by atoms with E-state index in [1.165, 1.54) is 19.2 Å². The van der Waals surface area contributed by atoms with Gasteiger partial charge in [0.15, 0.2) is 0 Å². The molecule has 2 aliphatic heterocycles. The largest absolute Gasteiger partial charge is 0.466 e. The summed E-state index contributed by atoms with van der Waals surface area (Å²) in [5, 5.41) is 6.29. The Morgan fingerprint density at radius 2 is 1.94 bits per heavy atom. The molecule has 2 aliphatic rings. The van der Waals surface area contributed by atoms with Crippen LogP contribution in [-0.4, -0.2) is 68.8 Å². The number of aryl methyl sites for hydroxylation is 1. The molecule has 0 saturated heterocycles. The molecule has 1 amide bonds. The standard InChI is InChI=1S/C28H32FN3O4/c1-18-14-20(29)17-21(15-18)31-23(16-19-8-6-5-7-9-19)28-11-10-22(36-28)24(25(28)27(34)35-4)26(33)30-12-13-32(2)3/h5-11,14-15,17,22-23,31H,12-13,16H2,1-4H3,(H,30,33). The highest BCUT2D eigenvalue weighted by atomic mass is 19.1. The number of hydrogen-bond donors (Lipinski definition) is 2. The minimum atomic E-state index is -1.28. The first kappa shape index (κ1) is 25.6. The molecule has 2 aromatic rings. The van der Waals surface area contributed by atoms with Gasteiger partial charge in [-0.3, -0.25) is 4.79 Å². The summed E-state index contributed by atoms with van der Waals surface area (Å²) in [4.78, 5) is 28.3. The van der Waals surface area contributed by atoms with Gasteiger partial charge in [-0.2, -0.15) is 0 Å². The number of benzene rings is 2. The molecule has 0 aliphatic carbocycles. The van der Waals surface area contributed by atoms with Crippen LogP contribution in [0.4, 0.5) is 10.1 Å². The molecule has 2 bridgehead atoms. The zero-order chi connectivity index (χ0) is 25.9. The molecule has 2 N–H and O–H groups in total. The van der Waals surface area contributed by atoms with E-state index in [1.54, 1.807) is 6.08 Å². The molecule has 36 heavy (non-hydrogen) atoms. The van der Waals surface area contributed by atoms with Crippen LogP contribution in [0, 0.1) is 12.7 Å². The third-order valence-electron chi connectivity index (χ3n) is 6.45. The van der Waals surface area contributed by atoms with Gasteiger partial charge >= 0.3 is 5.97 Å². The highest BCUT2D eigenvalue weighted by molar-refractivity contribution is 6.07. The van der Waals surface area contributed by atoms with Crippen LogP contribution >= 0.6 is 0 Å². The third kappa shape index (κ3) is 5.20. The second-order valence-corrected chi connectivity index (χ2v) is 9.43. The summed E-state index contributed by atoms with van der Waals surface area (Å²) in [6, 6.07) is 13.9. The van der Waals surface area contributed by atoms with E-state index in [-0.39, 0.29) is 22.9 Å². The van der Waals surface area contributed by atoms with Gasteiger partial charge in [-0.25, -0.2) is 9.18 Å². The predicted octanol–water partition coefficient (Wildman–Crippen LogP) is 3.01. The summed E-state index contributed by atoms with van der Waals surface area (Å²) < 4.78 is 25.8. The Hall–Kier alpha value is -3.49. The molecule has 2 heterocycles. The molecule has 2 aromatic carbocycles. The summed E-state index contributed by atoms with van der Waals surface area (Å²) in [5.74, 6) is -1.37. The average Bonchev–Trinajstić information content (AvgIpc) is 3.41. The van der Waals surface area contributed by atoms with E-state index in [1.807, 2.05) is 68.4 Å². The van der Waals surface area contributed by atoms with Gasteiger partial charge in [0.1, 0.15) is 17.5 Å². The topological polar surface area (TPSA) is 79.9 Å².